The Labute approximate surface area is 155 Å². The lowest BCUT2D eigenvalue weighted by Gasteiger charge is -2.36. The van der Waals surface area contributed by atoms with Crippen LogP contribution in [0.25, 0.3) is 6.08 Å². The molecule has 4 nitrogen and oxygen atoms in total. The molecular weight excluding hydrogens is 387 g/mol. The topological polar surface area (TPSA) is 40.6 Å². The molecule has 6 heteroatoms. The van der Waals surface area contributed by atoms with Crippen LogP contribution >= 0.6 is 15.9 Å². The first kappa shape index (κ1) is 18.1. The summed E-state index contributed by atoms with van der Waals surface area (Å²) in [5, 5.41) is 0. The lowest BCUT2D eigenvalue weighted by molar-refractivity contribution is -0.144. The molecule has 2 saturated heterocycles. The molecule has 1 atom stereocenters. The van der Waals surface area contributed by atoms with Gasteiger partial charge in [-0.05, 0) is 56.4 Å². The molecule has 0 N–H and O–H groups in total. The van der Waals surface area contributed by atoms with Gasteiger partial charge < -0.3 is 9.80 Å². The molecule has 134 valence electrons. The van der Waals surface area contributed by atoms with E-state index in [4.69, 9.17) is 0 Å². The lowest BCUT2D eigenvalue weighted by atomic mass is 10.0. The second-order valence-corrected chi connectivity index (χ2v) is 7.49. The maximum Gasteiger partial charge on any atom is 0.247 e. The second-order valence-electron chi connectivity index (χ2n) is 6.57. The summed E-state index contributed by atoms with van der Waals surface area (Å²) in [7, 11) is 0. The van der Waals surface area contributed by atoms with Crippen LogP contribution in [0.3, 0.4) is 0 Å². The van der Waals surface area contributed by atoms with Gasteiger partial charge >= 0.3 is 0 Å². The second kappa shape index (κ2) is 8.13. The zero-order chi connectivity index (χ0) is 17.8. The fourth-order valence-corrected chi connectivity index (χ4v) is 3.88. The quantitative estimate of drug-likeness (QED) is 0.716. The average Bonchev–Trinajstić information content (AvgIpc) is 3.16. The minimum Gasteiger partial charge on any atom is -0.341 e. The van der Waals surface area contributed by atoms with E-state index in [0.29, 0.717) is 18.5 Å². The van der Waals surface area contributed by atoms with Crippen LogP contribution in [0.1, 0.15) is 37.7 Å². The van der Waals surface area contributed by atoms with Gasteiger partial charge in [-0.2, -0.15) is 0 Å². The molecule has 1 unspecified atom stereocenters. The van der Waals surface area contributed by atoms with E-state index in [1.807, 2.05) is 4.90 Å². The number of rotatable bonds is 3. The van der Waals surface area contributed by atoms with Crippen molar-refractivity contribution in [1.29, 1.82) is 0 Å². The molecule has 25 heavy (non-hydrogen) atoms. The third-order valence-corrected chi connectivity index (χ3v) is 5.35. The predicted octanol–water partition coefficient (Wildman–Crippen LogP) is 3.60. The summed E-state index contributed by atoms with van der Waals surface area (Å²) in [5.74, 6) is -0.542. The number of carbonyl (C=O) groups is 2. The molecule has 1 aromatic carbocycles. The summed E-state index contributed by atoms with van der Waals surface area (Å²) < 4.78 is 14.6. The minimum absolute atomic E-state index is 0.0626. The van der Waals surface area contributed by atoms with Crippen LogP contribution in [0, 0.1) is 5.82 Å². The predicted molar refractivity (Wildman–Crippen MR) is 98.3 cm³/mol. The van der Waals surface area contributed by atoms with Crippen LogP contribution in [-0.4, -0.2) is 47.3 Å². The van der Waals surface area contributed by atoms with Crippen molar-refractivity contribution in [1.82, 2.24) is 9.80 Å². The Morgan fingerprint density at radius 3 is 2.60 bits per heavy atom. The molecule has 2 aliphatic heterocycles. The molecule has 3 rings (SSSR count). The van der Waals surface area contributed by atoms with Gasteiger partial charge in [-0.15, -0.1) is 0 Å². The summed E-state index contributed by atoms with van der Waals surface area (Å²) in [4.78, 5) is 28.9. The molecule has 0 radical (unpaired) electrons. The molecule has 2 aliphatic rings. The molecule has 2 amide bonds. The van der Waals surface area contributed by atoms with E-state index in [1.165, 1.54) is 18.2 Å². The van der Waals surface area contributed by atoms with Crippen molar-refractivity contribution in [3.8, 4) is 0 Å². The van der Waals surface area contributed by atoms with E-state index in [9.17, 15) is 14.0 Å². The molecule has 0 bridgehead atoms. The van der Waals surface area contributed by atoms with E-state index >= 15 is 0 Å². The number of hydrogen-bond donors (Lipinski definition) is 0. The summed E-state index contributed by atoms with van der Waals surface area (Å²) in [5.41, 5.74) is 0.349. The van der Waals surface area contributed by atoms with Crippen LogP contribution in [-0.2, 0) is 9.59 Å². The molecular formula is C19H22BrFN2O2. The van der Waals surface area contributed by atoms with Crippen LogP contribution in [0.5, 0.6) is 0 Å². The standard InChI is InChI=1S/C19H22BrFN2O2/c20-15-7-8-16(21)14(13-15)6-9-18(24)23-12-2-1-5-17(23)19(25)22-10-3-4-11-22/h6-9,13,17H,1-5,10-12H2/b9-6+. The van der Waals surface area contributed by atoms with Gasteiger partial charge in [0.05, 0.1) is 0 Å². The lowest BCUT2D eigenvalue weighted by Crippen LogP contribution is -2.52. The highest BCUT2D eigenvalue weighted by molar-refractivity contribution is 9.10. The fourth-order valence-electron chi connectivity index (χ4n) is 3.50. The third kappa shape index (κ3) is 4.29. The Kier molecular flexibility index (Phi) is 5.89. The number of likely N-dealkylation sites (tertiary alicyclic amines) is 2. The number of benzene rings is 1. The van der Waals surface area contributed by atoms with Crippen molar-refractivity contribution in [2.24, 2.45) is 0 Å². The Hall–Kier alpha value is -1.69. The Morgan fingerprint density at radius 2 is 1.84 bits per heavy atom. The Bertz CT molecular complexity index is 686. The van der Waals surface area contributed by atoms with E-state index < -0.39 is 0 Å². The molecule has 0 aliphatic carbocycles. The van der Waals surface area contributed by atoms with Crippen molar-refractivity contribution in [2.45, 2.75) is 38.1 Å². The Balaban J connectivity index is 1.73. The van der Waals surface area contributed by atoms with E-state index in [1.54, 1.807) is 17.0 Å². The zero-order valence-corrected chi connectivity index (χ0v) is 15.7. The minimum atomic E-state index is -0.379. The molecule has 0 spiro atoms. The molecule has 1 aromatic rings. The van der Waals surface area contributed by atoms with Gasteiger partial charge in [0.25, 0.3) is 0 Å². The van der Waals surface area contributed by atoms with Gasteiger partial charge in [0, 0.05) is 35.7 Å². The van der Waals surface area contributed by atoms with Gasteiger partial charge in [0.15, 0.2) is 0 Å². The largest absolute Gasteiger partial charge is 0.341 e. The monoisotopic (exact) mass is 408 g/mol. The number of nitrogens with zero attached hydrogens (tertiary/aromatic N) is 2. The van der Waals surface area contributed by atoms with Crippen LogP contribution < -0.4 is 0 Å². The Morgan fingerprint density at radius 1 is 1.12 bits per heavy atom. The number of amides is 2. The zero-order valence-electron chi connectivity index (χ0n) is 14.1. The van der Waals surface area contributed by atoms with E-state index in [0.717, 1.165) is 43.2 Å². The first-order valence-electron chi connectivity index (χ1n) is 8.79. The van der Waals surface area contributed by atoms with Crippen LogP contribution in [0.2, 0.25) is 0 Å². The highest BCUT2D eigenvalue weighted by Gasteiger charge is 2.34. The SMILES string of the molecule is O=C(C1CCCCN1C(=O)/C=C/c1cc(Br)ccc1F)N1CCCC1. The van der Waals surface area contributed by atoms with Crippen molar-refractivity contribution < 1.29 is 14.0 Å². The molecule has 0 saturated carbocycles. The van der Waals surface area contributed by atoms with Gasteiger partial charge in [0.2, 0.25) is 11.8 Å². The number of piperidine rings is 1. The van der Waals surface area contributed by atoms with Crippen molar-refractivity contribution >= 4 is 33.8 Å². The van der Waals surface area contributed by atoms with E-state index in [-0.39, 0.29) is 23.7 Å². The molecule has 2 heterocycles. The van der Waals surface area contributed by atoms with Crippen molar-refractivity contribution in [3.05, 3.63) is 40.1 Å². The molecule has 2 fully saturated rings. The number of halogens is 2. The average molecular weight is 409 g/mol. The highest BCUT2D eigenvalue weighted by atomic mass is 79.9. The summed E-state index contributed by atoms with van der Waals surface area (Å²) in [6.07, 6.45) is 7.49. The van der Waals surface area contributed by atoms with E-state index in [2.05, 4.69) is 15.9 Å². The third-order valence-electron chi connectivity index (χ3n) is 4.85. The van der Waals surface area contributed by atoms with Crippen LogP contribution in [0.4, 0.5) is 4.39 Å². The fraction of sp³-hybridized carbons (Fsp3) is 0.474. The smallest absolute Gasteiger partial charge is 0.247 e. The summed E-state index contributed by atoms with van der Waals surface area (Å²) in [6, 6.07) is 4.22. The summed E-state index contributed by atoms with van der Waals surface area (Å²) in [6.45, 7) is 2.15. The number of carbonyl (C=O) groups excluding carboxylic acids is 2. The summed E-state index contributed by atoms with van der Waals surface area (Å²) >= 11 is 3.30. The van der Waals surface area contributed by atoms with Crippen molar-refractivity contribution in [2.75, 3.05) is 19.6 Å². The van der Waals surface area contributed by atoms with Gasteiger partial charge in [-0.25, -0.2) is 4.39 Å². The van der Waals surface area contributed by atoms with Gasteiger partial charge in [0.1, 0.15) is 11.9 Å². The highest BCUT2D eigenvalue weighted by Crippen LogP contribution is 2.22. The van der Waals surface area contributed by atoms with Crippen molar-refractivity contribution in [3.63, 3.8) is 0 Å². The maximum atomic E-state index is 13.8. The first-order valence-corrected chi connectivity index (χ1v) is 9.58. The first-order chi connectivity index (χ1) is 12.1. The normalized spacial score (nSPS) is 21.1. The number of hydrogen-bond acceptors (Lipinski definition) is 2. The maximum absolute atomic E-state index is 13.8. The van der Waals surface area contributed by atoms with Crippen LogP contribution in [0.15, 0.2) is 28.7 Å². The molecule has 0 aromatic heterocycles. The van der Waals surface area contributed by atoms with Gasteiger partial charge in [-0.1, -0.05) is 15.9 Å². The van der Waals surface area contributed by atoms with Gasteiger partial charge in [-0.3, -0.25) is 9.59 Å².